The molecule has 0 aliphatic carbocycles. The smallest absolute Gasteiger partial charge is 0.254 e. The predicted molar refractivity (Wildman–Crippen MR) is 119 cm³/mol. The summed E-state index contributed by atoms with van der Waals surface area (Å²) in [4.78, 5) is 26.4. The molecule has 0 aliphatic rings. The second kappa shape index (κ2) is 9.98. The minimum atomic E-state index is -3.85. The van der Waals surface area contributed by atoms with Gasteiger partial charge < -0.3 is 10.2 Å². The van der Waals surface area contributed by atoms with E-state index in [2.05, 4.69) is 5.32 Å². The molecule has 0 fully saturated rings. The number of carbonyl (C=O) groups is 2. The quantitative estimate of drug-likeness (QED) is 0.633. The Balaban J connectivity index is 2.25. The minimum Gasteiger partial charge on any atom is -0.330 e. The molecule has 0 spiro atoms. The fourth-order valence-corrected chi connectivity index (χ4v) is 4.40. The maximum Gasteiger partial charge on any atom is 0.254 e. The maximum atomic E-state index is 12.9. The van der Waals surface area contributed by atoms with Crippen LogP contribution in [0.15, 0.2) is 41.3 Å². The highest BCUT2D eigenvalue weighted by molar-refractivity contribution is 7.89. The standard InChI is InChI=1S/C19H20Cl3N3O4S/c1-4-25(11-17(26)23-18-14(21)6-5-7-15(18)22)19(27)12-8-9-13(20)16(10-12)30(28,29)24(2)3/h5-10H,4,11H2,1-3H3,(H,23,26). The molecule has 2 rings (SSSR count). The van der Waals surface area contributed by atoms with E-state index in [-0.39, 0.29) is 44.3 Å². The third kappa shape index (κ3) is 5.44. The Hall–Kier alpha value is -1.84. The predicted octanol–water partition coefficient (Wildman–Crippen LogP) is 4.00. The van der Waals surface area contributed by atoms with Crippen LogP contribution in [-0.2, 0) is 14.8 Å². The number of sulfonamides is 1. The van der Waals surface area contributed by atoms with Crippen LogP contribution in [0.4, 0.5) is 5.69 Å². The molecule has 2 aromatic rings. The molecule has 0 saturated heterocycles. The van der Waals surface area contributed by atoms with Gasteiger partial charge in [0.25, 0.3) is 5.91 Å². The van der Waals surface area contributed by atoms with Crippen molar-refractivity contribution in [1.82, 2.24) is 9.21 Å². The van der Waals surface area contributed by atoms with Crippen molar-refractivity contribution in [3.05, 3.63) is 57.0 Å². The molecule has 0 unspecified atom stereocenters. The highest BCUT2D eigenvalue weighted by Gasteiger charge is 2.25. The average molecular weight is 493 g/mol. The zero-order valence-electron chi connectivity index (χ0n) is 16.4. The van der Waals surface area contributed by atoms with Crippen molar-refractivity contribution in [2.45, 2.75) is 11.8 Å². The SMILES string of the molecule is CCN(CC(=O)Nc1c(Cl)cccc1Cl)C(=O)c1ccc(Cl)c(S(=O)(=O)N(C)C)c1. The van der Waals surface area contributed by atoms with Crippen molar-refractivity contribution >= 4 is 62.3 Å². The van der Waals surface area contributed by atoms with Gasteiger partial charge in [0.2, 0.25) is 15.9 Å². The normalized spacial score (nSPS) is 11.4. The third-order valence-electron chi connectivity index (χ3n) is 4.17. The zero-order valence-corrected chi connectivity index (χ0v) is 19.5. The zero-order chi connectivity index (χ0) is 22.6. The fourth-order valence-electron chi connectivity index (χ4n) is 2.51. The second-order valence-electron chi connectivity index (χ2n) is 6.40. The van der Waals surface area contributed by atoms with Crippen LogP contribution < -0.4 is 5.32 Å². The Morgan fingerprint density at radius 3 is 2.13 bits per heavy atom. The van der Waals surface area contributed by atoms with Gasteiger partial charge in [0.15, 0.2) is 0 Å². The van der Waals surface area contributed by atoms with Gasteiger partial charge in [-0.15, -0.1) is 0 Å². The first-order valence-corrected chi connectivity index (χ1v) is 11.3. The lowest BCUT2D eigenvalue weighted by atomic mass is 10.2. The van der Waals surface area contributed by atoms with E-state index in [1.165, 1.54) is 37.2 Å². The number of carbonyl (C=O) groups excluding carboxylic acids is 2. The van der Waals surface area contributed by atoms with Crippen LogP contribution in [0.25, 0.3) is 0 Å². The minimum absolute atomic E-state index is 0.00518. The number of halogens is 3. The van der Waals surface area contributed by atoms with Crippen LogP contribution in [0, 0.1) is 0 Å². The van der Waals surface area contributed by atoms with Crippen molar-refractivity contribution in [3.63, 3.8) is 0 Å². The van der Waals surface area contributed by atoms with Crippen LogP contribution in [0.1, 0.15) is 17.3 Å². The molecule has 0 atom stereocenters. The molecule has 0 aliphatic heterocycles. The average Bonchev–Trinajstić information content (AvgIpc) is 2.68. The first-order valence-electron chi connectivity index (χ1n) is 8.74. The lowest BCUT2D eigenvalue weighted by Gasteiger charge is -2.21. The van der Waals surface area contributed by atoms with Crippen LogP contribution in [-0.4, -0.2) is 56.6 Å². The van der Waals surface area contributed by atoms with Crippen molar-refractivity contribution in [1.29, 1.82) is 0 Å². The molecule has 7 nitrogen and oxygen atoms in total. The summed E-state index contributed by atoms with van der Waals surface area (Å²) in [5, 5.41) is 3.11. The second-order valence-corrected chi connectivity index (χ2v) is 9.74. The van der Waals surface area contributed by atoms with Gasteiger partial charge in [-0.25, -0.2) is 12.7 Å². The lowest BCUT2D eigenvalue weighted by Crippen LogP contribution is -2.38. The lowest BCUT2D eigenvalue weighted by molar-refractivity contribution is -0.116. The number of hydrogen-bond donors (Lipinski definition) is 1. The number of likely N-dealkylation sites (N-methyl/N-ethyl adjacent to an activating group) is 1. The Kier molecular flexibility index (Phi) is 8.13. The van der Waals surface area contributed by atoms with Crippen molar-refractivity contribution < 1.29 is 18.0 Å². The van der Waals surface area contributed by atoms with Crippen molar-refractivity contribution in [3.8, 4) is 0 Å². The van der Waals surface area contributed by atoms with E-state index in [1.807, 2.05) is 0 Å². The number of anilines is 1. The molecule has 11 heteroatoms. The van der Waals surface area contributed by atoms with Gasteiger partial charge in [0, 0.05) is 26.2 Å². The van der Waals surface area contributed by atoms with E-state index in [0.717, 1.165) is 4.31 Å². The summed E-state index contributed by atoms with van der Waals surface area (Å²) in [5.41, 5.74) is 0.338. The Labute approximate surface area is 190 Å². The van der Waals surface area contributed by atoms with Gasteiger partial charge in [0.05, 0.1) is 20.8 Å². The molecule has 0 bridgehead atoms. The summed E-state index contributed by atoms with van der Waals surface area (Å²) in [6, 6.07) is 8.74. The van der Waals surface area contributed by atoms with E-state index in [4.69, 9.17) is 34.8 Å². The number of nitrogens with one attached hydrogen (secondary N) is 1. The summed E-state index contributed by atoms with van der Waals surface area (Å²) >= 11 is 18.1. The first-order chi connectivity index (χ1) is 14.0. The molecule has 2 amide bonds. The van der Waals surface area contributed by atoms with E-state index in [0.29, 0.717) is 0 Å². The summed E-state index contributed by atoms with van der Waals surface area (Å²) < 4.78 is 25.9. The van der Waals surface area contributed by atoms with Gasteiger partial charge in [-0.3, -0.25) is 9.59 Å². The topological polar surface area (TPSA) is 86.8 Å². The van der Waals surface area contributed by atoms with E-state index >= 15 is 0 Å². The number of hydrogen-bond acceptors (Lipinski definition) is 4. The van der Waals surface area contributed by atoms with Gasteiger partial charge in [-0.2, -0.15) is 0 Å². The number of benzene rings is 2. The summed E-state index contributed by atoms with van der Waals surface area (Å²) in [7, 11) is -1.12. The molecule has 1 N–H and O–H groups in total. The molecule has 30 heavy (non-hydrogen) atoms. The van der Waals surface area contributed by atoms with E-state index in [1.54, 1.807) is 25.1 Å². The van der Waals surface area contributed by atoms with Crippen molar-refractivity contribution in [2.75, 3.05) is 32.5 Å². The molecule has 2 aromatic carbocycles. The van der Waals surface area contributed by atoms with Gasteiger partial charge >= 0.3 is 0 Å². The maximum absolute atomic E-state index is 12.9. The van der Waals surface area contributed by atoms with Crippen molar-refractivity contribution in [2.24, 2.45) is 0 Å². The molecule has 162 valence electrons. The van der Waals surface area contributed by atoms with E-state index < -0.39 is 21.8 Å². The Morgan fingerprint density at radius 1 is 1.00 bits per heavy atom. The van der Waals surface area contributed by atoms with Crippen LogP contribution >= 0.6 is 34.8 Å². The van der Waals surface area contributed by atoms with Crippen LogP contribution in [0.2, 0.25) is 15.1 Å². The monoisotopic (exact) mass is 491 g/mol. The Bertz CT molecular complexity index is 1050. The molecule has 0 radical (unpaired) electrons. The molecule has 0 aromatic heterocycles. The molecule has 0 heterocycles. The van der Waals surface area contributed by atoms with Crippen LogP contribution in [0.3, 0.4) is 0 Å². The molecular formula is C19H20Cl3N3O4S. The van der Waals surface area contributed by atoms with E-state index in [9.17, 15) is 18.0 Å². The Morgan fingerprint density at radius 2 is 1.60 bits per heavy atom. The number of nitrogens with zero attached hydrogens (tertiary/aromatic N) is 2. The largest absolute Gasteiger partial charge is 0.330 e. The molecular weight excluding hydrogens is 473 g/mol. The first kappa shape index (κ1) is 24.4. The molecule has 0 saturated carbocycles. The summed E-state index contributed by atoms with van der Waals surface area (Å²) in [5.74, 6) is -1.03. The third-order valence-corrected chi connectivity index (χ3v) is 7.09. The summed E-state index contributed by atoms with van der Waals surface area (Å²) in [6.45, 7) is 1.62. The number of para-hydroxylation sites is 1. The highest BCUT2D eigenvalue weighted by atomic mass is 35.5. The number of amides is 2. The van der Waals surface area contributed by atoms with Gasteiger partial charge in [0.1, 0.15) is 11.4 Å². The summed E-state index contributed by atoms with van der Waals surface area (Å²) in [6.07, 6.45) is 0. The number of rotatable bonds is 7. The van der Waals surface area contributed by atoms with Gasteiger partial charge in [-0.1, -0.05) is 40.9 Å². The fraction of sp³-hybridized carbons (Fsp3) is 0.263. The highest BCUT2D eigenvalue weighted by Crippen LogP contribution is 2.30. The van der Waals surface area contributed by atoms with Crippen LogP contribution in [0.5, 0.6) is 0 Å². The van der Waals surface area contributed by atoms with Gasteiger partial charge in [-0.05, 0) is 37.3 Å².